The van der Waals surface area contributed by atoms with Crippen molar-refractivity contribution >= 4 is 22.7 Å². The van der Waals surface area contributed by atoms with E-state index in [2.05, 4.69) is 46.7 Å². The molecule has 1 saturated heterocycles. The highest BCUT2D eigenvalue weighted by Crippen LogP contribution is 2.45. The fourth-order valence-electron chi connectivity index (χ4n) is 3.74. The number of amides is 3. The maximum Gasteiger partial charge on any atom is 0.324 e. The zero-order valence-corrected chi connectivity index (χ0v) is 14.1. The molecular weight excluding hydrogens is 326 g/mol. The highest BCUT2D eigenvalue weighted by atomic mass is 16.2. The predicted octanol–water partition coefficient (Wildman–Crippen LogP) is 3.31. The number of pyridine rings is 1. The third-order valence-corrected chi connectivity index (χ3v) is 5.23. The molecule has 2 atom stereocenters. The molecular formula is C21H17N3O2. The number of urea groups is 1. The van der Waals surface area contributed by atoms with Crippen molar-refractivity contribution in [2.45, 2.75) is 18.4 Å². The lowest BCUT2D eigenvalue weighted by Gasteiger charge is -2.12. The summed E-state index contributed by atoms with van der Waals surface area (Å²) in [4.78, 5) is 29.6. The molecule has 3 aromatic rings. The zero-order chi connectivity index (χ0) is 17.7. The molecule has 2 unspecified atom stereocenters. The Morgan fingerprint density at radius 2 is 1.85 bits per heavy atom. The van der Waals surface area contributed by atoms with Gasteiger partial charge in [0.15, 0.2) is 0 Å². The summed E-state index contributed by atoms with van der Waals surface area (Å²) in [7, 11) is 0. The lowest BCUT2D eigenvalue weighted by atomic mass is 10.0. The number of benzene rings is 2. The first-order valence-corrected chi connectivity index (χ1v) is 8.76. The molecule has 2 aliphatic rings. The summed E-state index contributed by atoms with van der Waals surface area (Å²) >= 11 is 0. The Morgan fingerprint density at radius 3 is 2.58 bits per heavy atom. The van der Waals surface area contributed by atoms with Gasteiger partial charge in [-0.2, -0.15) is 0 Å². The van der Waals surface area contributed by atoms with E-state index in [1.54, 1.807) is 0 Å². The van der Waals surface area contributed by atoms with Gasteiger partial charge in [-0.1, -0.05) is 42.5 Å². The van der Waals surface area contributed by atoms with Crippen molar-refractivity contribution < 1.29 is 9.59 Å². The molecule has 5 heteroatoms. The fourth-order valence-corrected chi connectivity index (χ4v) is 3.74. The van der Waals surface area contributed by atoms with Crippen molar-refractivity contribution in [3.63, 3.8) is 0 Å². The normalized spacial score (nSPS) is 21.9. The van der Waals surface area contributed by atoms with Crippen molar-refractivity contribution in [1.29, 1.82) is 0 Å². The van der Waals surface area contributed by atoms with E-state index in [0.29, 0.717) is 0 Å². The molecule has 128 valence electrons. The first kappa shape index (κ1) is 15.1. The molecule has 26 heavy (non-hydrogen) atoms. The van der Waals surface area contributed by atoms with Crippen LogP contribution in [0.15, 0.2) is 60.8 Å². The molecule has 0 radical (unpaired) electrons. The molecule has 1 aliphatic heterocycles. The van der Waals surface area contributed by atoms with Crippen LogP contribution in [0.2, 0.25) is 0 Å². The Morgan fingerprint density at radius 1 is 1.00 bits per heavy atom. The molecule has 1 saturated carbocycles. The number of imide groups is 1. The van der Waals surface area contributed by atoms with Gasteiger partial charge in [-0.25, -0.2) is 4.79 Å². The SMILES string of the molecule is O=C1CNC(=O)N1C1CC1c1ccc(-c2ccc3ccccc3c2)nc1. The van der Waals surface area contributed by atoms with Crippen LogP contribution in [0.4, 0.5) is 4.79 Å². The summed E-state index contributed by atoms with van der Waals surface area (Å²) < 4.78 is 0. The monoisotopic (exact) mass is 343 g/mol. The van der Waals surface area contributed by atoms with Gasteiger partial charge in [-0.05, 0) is 34.9 Å². The van der Waals surface area contributed by atoms with E-state index < -0.39 is 0 Å². The van der Waals surface area contributed by atoms with Crippen LogP contribution in [0.1, 0.15) is 17.9 Å². The van der Waals surface area contributed by atoms with E-state index >= 15 is 0 Å². The van der Waals surface area contributed by atoms with Gasteiger partial charge >= 0.3 is 6.03 Å². The van der Waals surface area contributed by atoms with Crippen LogP contribution in [-0.4, -0.2) is 34.4 Å². The zero-order valence-electron chi connectivity index (χ0n) is 14.1. The maximum absolute atomic E-state index is 11.8. The first-order valence-electron chi connectivity index (χ1n) is 8.76. The van der Waals surface area contributed by atoms with Crippen LogP contribution in [-0.2, 0) is 4.79 Å². The Balaban J connectivity index is 1.37. The highest BCUT2D eigenvalue weighted by Gasteiger charge is 2.49. The summed E-state index contributed by atoms with van der Waals surface area (Å²) in [5.74, 6) is 0.0594. The molecule has 1 aromatic heterocycles. The average Bonchev–Trinajstić information content (AvgIpc) is 3.39. The average molecular weight is 343 g/mol. The van der Waals surface area contributed by atoms with Crippen molar-refractivity contribution in [1.82, 2.24) is 15.2 Å². The van der Waals surface area contributed by atoms with Gasteiger partial charge in [0, 0.05) is 23.7 Å². The number of hydrogen-bond donors (Lipinski definition) is 1. The van der Waals surface area contributed by atoms with Crippen LogP contribution in [0.5, 0.6) is 0 Å². The van der Waals surface area contributed by atoms with Crippen molar-refractivity contribution in [2.24, 2.45) is 0 Å². The fraction of sp³-hybridized carbons (Fsp3) is 0.190. The van der Waals surface area contributed by atoms with Crippen LogP contribution in [0.3, 0.4) is 0 Å². The number of rotatable bonds is 3. The van der Waals surface area contributed by atoms with Gasteiger partial charge in [0.25, 0.3) is 0 Å². The van der Waals surface area contributed by atoms with Gasteiger partial charge in [0.05, 0.1) is 12.2 Å². The van der Waals surface area contributed by atoms with Crippen molar-refractivity contribution in [3.05, 3.63) is 66.4 Å². The van der Waals surface area contributed by atoms with Crippen molar-refractivity contribution in [3.8, 4) is 11.3 Å². The molecule has 2 heterocycles. The molecule has 2 aromatic carbocycles. The minimum absolute atomic E-state index is 0.0293. The smallest absolute Gasteiger partial charge is 0.324 e. The largest absolute Gasteiger partial charge is 0.329 e. The number of aromatic nitrogens is 1. The standard InChI is InChI=1S/C21H17N3O2/c25-20-12-23-21(26)24(20)19-10-17(19)16-7-8-18(22-11-16)15-6-5-13-3-1-2-4-14(13)9-15/h1-9,11,17,19H,10,12H2,(H,23,26). The van der Waals surface area contributed by atoms with Gasteiger partial charge in [0.1, 0.15) is 0 Å². The molecule has 1 aliphatic carbocycles. The number of nitrogens with zero attached hydrogens (tertiary/aromatic N) is 2. The Kier molecular flexibility index (Phi) is 3.28. The number of carbonyl (C=O) groups excluding carboxylic acids is 2. The predicted molar refractivity (Wildman–Crippen MR) is 98.6 cm³/mol. The number of nitrogens with one attached hydrogen (secondary N) is 1. The first-order chi connectivity index (χ1) is 12.7. The second kappa shape index (κ2) is 5.66. The summed E-state index contributed by atoms with van der Waals surface area (Å²) in [6.45, 7) is 0.112. The summed E-state index contributed by atoms with van der Waals surface area (Å²) in [5, 5.41) is 4.98. The molecule has 1 N–H and O–H groups in total. The van der Waals surface area contributed by atoms with E-state index in [4.69, 9.17) is 0 Å². The van der Waals surface area contributed by atoms with E-state index in [1.807, 2.05) is 24.4 Å². The Hall–Kier alpha value is -3.21. The van der Waals surface area contributed by atoms with Crippen LogP contribution in [0.25, 0.3) is 22.0 Å². The van der Waals surface area contributed by atoms with Gasteiger partial charge in [-0.3, -0.25) is 14.7 Å². The quantitative estimate of drug-likeness (QED) is 0.742. The van der Waals surface area contributed by atoms with Gasteiger partial charge < -0.3 is 5.32 Å². The molecule has 5 nitrogen and oxygen atoms in total. The third-order valence-electron chi connectivity index (χ3n) is 5.23. The second-order valence-corrected chi connectivity index (χ2v) is 6.87. The Bertz CT molecular complexity index is 1010. The number of fused-ring (bicyclic) bond motifs is 1. The molecule has 0 spiro atoms. The lowest BCUT2D eigenvalue weighted by molar-refractivity contribution is -0.125. The molecule has 2 fully saturated rings. The molecule has 3 amide bonds. The number of hydrogen-bond acceptors (Lipinski definition) is 3. The number of carbonyl (C=O) groups is 2. The van der Waals surface area contributed by atoms with Gasteiger partial charge in [-0.15, -0.1) is 0 Å². The molecule has 5 rings (SSSR count). The van der Waals surface area contributed by atoms with Crippen LogP contribution in [0, 0.1) is 0 Å². The topological polar surface area (TPSA) is 62.3 Å². The van der Waals surface area contributed by atoms with Crippen molar-refractivity contribution in [2.75, 3.05) is 6.54 Å². The van der Waals surface area contributed by atoms with Crippen LogP contribution >= 0.6 is 0 Å². The van der Waals surface area contributed by atoms with E-state index in [-0.39, 0.29) is 30.4 Å². The van der Waals surface area contributed by atoms with E-state index in [9.17, 15) is 9.59 Å². The minimum atomic E-state index is -0.275. The van der Waals surface area contributed by atoms with E-state index in [1.165, 1.54) is 15.7 Å². The lowest BCUT2D eigenvalue weighted by Crippen LogP contribution is -2.33. The minimum Gasteiger partial charge on any atom is -0.329 e. The summed E-state index contributed by atoms with van der Waals surface area (Å²) in [6.07, 6.45) is 2.68. The third kappa shape index (κ3) is 2.44. The highest BCUT2D eigenvalue weighted by molar-refractivity contribution is 6.02. The van der Waals surface area contributed by atoms with Gasteiger partial charge in [0.2, 0.25) is 5.91 Å². The Labute approximate surface area is 150 Å². The summed E-state index contributed by atoms with van der Waals surface area (Å²) in [5.41, 5.74) is 3.08. The second-order valence-electron chi connectivity index (χ2n) is 6.87. The maximum atomic E-state index is 11.8. The van der Waals surface area contributed by atoms with Crippen LogP contribution < -0.4 is 5.32 Å². The molecule has 0 bridgehead atoms. The summed E-state index contributed by atoms with van der Waals surface area (Å²) in [6, 6.07) is 18.4. The van der Waals surface area contributed by atoms with E-state index in [0.717, 1.165) is 23.2 Å².